The van der Waals surface area contributed by atoms with E-state index in [0.717, 1.165) is 11.1 Å². The van der Waals surface area contributed by atoms with Crippen molar-refractivity contribution in [2.45, 2.75) is 20.1 Å². The highest BCUT2D eigenvalue weighted by Crippen LogP contribution is 2.33. The molecule has 2 heterocycles. The van der Waals surface area contributed by atoms with Crippen molar-refractivity contribution < 1.29 is 32.9 Å². The highest BCUT2D eigenvalue weighted by molar-refractivity contribution is 6.30. The molecule has 5 rings (SSSR count). The molecule has 1 aliphatic rings. The predicted octanol–water partition coefficient (Wildman–Crippen LogP) is 5.86. The molecule has 0 bridgehead atoms. The van der Waals surface area contributed by atoms with Crippen molar-refractivity contribution in [2.75, 3.05) is 13.4 Å². The molecule has 184 valence electrons. The van der Waals surface area contributed by atoms with Gasteiger partial charge in [-0.15, -0.1) is 0 Å². The largest absolute Gasteiger partial charge is 0.489 e. The highest BCUT2D eigenvalue weighted by Gasteiger charge is 2.17. The van der Waals surface area contributed by atoms with E-state index < -0.39 is 5.97 Å². The SMILES string of the molecule is CCOC(=O)c1ccc(Oc2coc3cc(OCc4cc(Cl)cc5c4OCOC5)ccc3c2=O)cc1. The van der Waals surface area contributed by atoms with Crippen LogP contribution in [0, 0.1) is 0 Å². The summed E-state index contributed by atoms with van der Waals surface area (Å²) in [6.45, 7) is 2.82. The minimum Gasteiger partial charge on any atom is -0.489 e. The first-order valence-corrected chi connectivity index (χ1v) is 11.5. The van der Waals surface area contributed by atoms with Gasteiger partial charge < -0.3 is 28.1 Å². The summed E-state index contributed by atoms with van der Waals surface area (Å²) in [5.41, 5.74) is 2.05. The van der Waals surface area contributed by atoms with Crippen LogP contribution in [-0.4, -0.2) is 19.4 Å². The zero-order valence-electron chi connectivity index (χ0n) is 19.2. The molecule has 0 aliphatic carbocycles. The van der Waals surface area contributed by atoms with Crippen LogP contribution in [0.25, 0.3) is 11.0 Å². The maximum absolute atomic E-state index is 12.9. The Labute approximate surface area is 210 Å². The fourth-order valence-corrected chi connectivity index (χ4v) is 4.04. The molecule has 8 nitrogen and oxygen atoms in total. The Morgan fingerprint density at radius 1 is 1.06 bits per heavy atom. The number of esters is 1. The molecule has 0 spiro atoms. The number of halogens is 1. The summed E-state index contributed by atoms with van der Waals surface area (Å²) in [5, 5.41) is 0.901. The number of hydrogen-bond acceptors (Lipinski definition) is 8. The van der Waals surface area contributed by atoms with E-state index >= 15 is 0 Å². The summed E-state index contributed by atoms with van der Waals surface area (Å²) in [6, 6.07) is 14.8. The summed E-state index contributed by atoms with van der Waals surface area (Å²) in [6.07, 6.45) is 1.24. The van der Waals surface area contributed by atoms with Crippen molar-refractivity contribution in [3.8, 4) is 23.0 Å². The molecule has 4 aromatic rings. The third-order valence-electron chi connectivity index (χ3n) is 5.45. The van der Waals surface area contributed by atoms with Crippen LogP contribution in [-0.2, 0) is 22.7 Å². The van der Waals surface area contributed by atoms with Gasteiger partial charge in [0.2, 0.25) is 11.2 Å². The second-order valence-electron chi connectivity index (χ2n) is 7.89. The second-order valence-corrected chi connectivity index (χ2v) is 8.32. The highest BCUT2D eigenvalue weighted by atomic mass is 35.5. The van der Waals surface area contributed by atoms with E-state index in [1.54, 1.807) is 61.5 Å². The molecular formula is C27H21ClO8. The maximum atomic E-state index is 12.9. The molecule has 36 heavy (non-hydrogen) atoms. The van der Waals surface area contributed by atoms with Crippen LogP contribution >= 0.6 is 11.6 Å². The minimum atomic E-state index is -0.427. The fourth-order valence-electron chi connectivity index (χ4n) is 3.78. The van der Waals surface area contributed by atoms with E-state index in [9.17, 15) is 9.59 Å². The Balaban J connectivity index is 1.32. The lowest BCUT2D eigenvalue weighted by Gasteiger charge is -2.21. The van der Waals surface area contributed by atoms with Gasteiger partial charge in [0, 0.05) is 22.2 Å². The number of carbonyl (C=O) groups excluding carboxylic acids is 1. The zero-order valence-corrected chi connectivity index (χ0v) is 20.0. The standard InChI is InChI=1S/C27H21ClO8/c1-2-32-27(30)16-3-5-20(6-4-16)36-24-14-34-23-11-21(7-8-22(23)25(24)29)33-13-18-10-19(28)9-17-12-31-15-35-26(17)18/h3-11,14H,2,12-13,15H2,1H3. The van der Waals surface area contributed by atoms with E-state index in [1.807, 2.05) is 0 Å². The Morgan fingerprint density at radius 3 is 2.67 bits per heavy atom. The number of ether oxygens (including phenoxy) is 5. The Hall–Kier alpha value is -4.01. The smallest absolute Gasteiger partial charge is 0.338 e. The molecule has 0 unspecified atom stereocenters. The third-order valence-corrected chi connectivity index (χ3v) is 5.67. The van der Waals surface area contributed by atoms with Gasteiger partial charge in [0.1, 0.15) is 35.7 Å². The van der Waals surface area contributed by atoms with Gasteiger partial charge in [0.25, 0.3) is 0 Å². The van der Waals surface area contributed by atoms with Crippen molar-refractivity contribution in [1.82, 2.24) is 0 Å². The summed E-state index contributed by atoms with van der Waals surface area (Å²) in [7, 11) is 0. The topological polar surface area (TPSA) is 93.4 Å². The first-order valence-electron chi connectivity index (χ1n) is 11.2. The first-order chi connectivity index (χ1) is 17.5. The van der Waals surface area contributed by atoms with Gasteiger partial charge in [-0.25, -0.2) is 4.79 Å². The lowest BCUT2D eigenvalue weighted by molar-refractivity contribution is -0.0175. The van der Waals surface area contributed by atoms with Crippen LogP contribution < -0.4 is 19.6 Å². The van der Waals surface area contributed by atoms with E-state index in [4.69, 9.17) is 39.7 Å². The maximum Gasteiger partial charge on any atom is 0.338 e. The van der Waals surface area contributed by atoms with Crippen molar-refractivity contribution in [1.29, 1.82) is 0 Å². The first kappa shape index (κ1) is 23.7. The Morgan fingerprint density at radius 2 is 1.86 bits per heavy atom. The summed E-state index contributed by atoms with van der Waals surface area (Å²) < 4.78 is 33.1. The van der Waals surface area contributed by atoms with E-state index in [-0.39, 0.29) is 31.2 Å². The Kier molecular flexibility index (Phi) is 6.79. The summed E-state index contributed by atoms with van der Waals surface area (Å²) >= 11 is 6.22. The van der Waals surface area contributed by atoms with Crippen LogP contribution in [0.5, 0.6) is 23.0 Å². The van der Waals surface area contributed by atoms with Crippen molar-refractivity contribution in [3.05, 3.63) is 92.8 Å². The lowest BCUT2D eigenvalue weighted by Crippen LogP contribution is -2.14. The van der Waals surface area contributed by atoms with Gasteiger partial charge in [0.15, 0.2) is 6.79 Å². The number of carbonyl (C=O) groups is 1. The lowest BCUT2D eigenvalue weighted by atomic mass is 10.1. The van der Waals surface area contributed by atoms with E-state index in [1.165, 1.54) is 6.26 Å². The van der Waals surface area contributed by atoms with Crippen LogP contribution in [0.1, 0.15) is 28.4 Å². The van der Waals surface area contributed by atoms with Crippen LogP contribution in [0.4, 0.5) is 0 Å². The van der Waals surface area contributed by atoms with Gasteiger partial charge >= 0.3 is 5.97 Å². The van der Waals surface area contributed by atoms with Gasteiger partial charge in [-0.2, -0.15) is 0 Å². The molecule has 9 heteroatoms. The minimum absolute atomic E-state index is 0.0185. The van der Waals surface area contributed by atoms with Crippen molar-refractivity contribution in [3.63, 3.8) is 0 Å². The fraction of sp³-hybridized carbons (Fsp3) is 0.185. The molecule has 0 N–H and O–H groups in total. The molecule has 0 saturated heterocycles. The quantitative estimate of drug-likeness (QED) is 0.286. The summed E-state index contributed by atoms with van der Waals surface area (Å²) in [5.74, 6) is 1.19. The zero-order chi connectivity index (χ0) is 25.1. The number of fused-ring (bicyclic) bond motifs is 2. The average molecular weight is 509 g/mol. The molecule has 0 saturated carbocycles. The van der Waals surface area contributed by atoms with Gasteiger partial charge in [-0.1, -0.05) is 11.6 Å². The molecule has 0 fully saturated rings. The molecular weight excluding hydrogens is 488 g/mol. The van der Waals surface area contributed by atoms with E-state index in [2.05, 4.69) is 0 Å². The van der Waals surface area contributed by atoms with Crippen molar-refractivity contribution >= 4 is 28.5 Å². The van der Waals surface area contributed by atoms with Crippen molar-refractivity contribution in [2.24, 2.45) is 0 Å². The number of hydrogen-bond donors (Lipinski definition) is 0. The predicted molar refractivity (Wildman–Crippen MR) is 131 cm³/mol. The average Bonchev–Trinajstić information content (AvgIpc) is 2.89. The van der Waals surface area contributed by atoms with Gasteiger partial charge in [0.05, 0.1) is 24.2 Å². The molecule has 1 aliphatic heterocycles. The normalized spacial score (nSPS) is 12.5. The van der Waals surface area contributed by atoms with Crippen LogP contribution in [0.15, 0.2) is 70.1 Å². The van der Waals surface area contributed by atoms with Crippen LogP contribution in [0.2, 0.25) is 5.02 Å². The van der Waals surface area contributed by atoms with E-state index in [0.29, 0.717) is 45.4 Å². The Bertz CT molecular complexity index is 1480. The summed E-state index contributed by atoms with van der Waals surface area (Å²) in [4.78, 5) is 24.7. The van der Waals surface area contributed by atoms with Crippen LogP contribution in [0.3, 0.4) is 0 Å². The molecule has 0 atom stereocenters. The molecule has 0 amide bonds. The molecule has 1 aromatic heterocycles. The molecule has 3 aromatic carbocycles. The van der Waals surface area contributed by atoms with Gasteiger partial charge in [-0.05, 0) is 55.5 Å². The number of benzene rings is 3. The monoisotopic (exact) mass is 508 g/mol. The number of rotatable bonds is 7. The second kappa shape index (κ2) is 10.3. The third kappa shape index (κ3) is 5.00. The molecule has 0 radical (unpaired) electrons. The van der Waals surface area contributed by atoms with Gasteiger partial charge in [-0.3, -0.25) is 4.79 Å².